The summed E-state index contributed by atoms with van der Waals surface area (Å²) in [6.45, 7) is 3.91. The standard InChI is InChI=1S/C52H48N2O8/c55-51(43-19-17-41-31-37-9-1-3-11-39(37)33-45(41)35-43)53-47-13-5-7-15-49(47)61-29-27-59-25-23-57-21-22-58-24-26-60-28-30-62-50-16-8-6-14-48(50)54-52(56)44-20-18-42-32-38-10-2-4-12-40(38)34-46(42)36-44/h1-20,31-36H,21-30H2,(H,53,55)(H,54,56). The van der Waals surface area contributed by atoms with Gasteiger partial charge in [0.05, 0.1) is 64.2 Å². The highest BCUT2D eigenvalue weighted by molar-refractivity contribution is 6.09. The number of hydrogen-bond acceptors (Lipinski definition) is 8. The van der Waals surface area contributed by atoms with E-state index in [0.29, 0.717) is 100 Å². The molecule has 0 aromatic heterocycles. The minimum atomic E-state index is -0.208. The molecule has 8 rings (SSSR count). The Kier molecular flexibility index (Phi) is 14.3. The highest BCUT2D eigenvalue weighted by Gasteiger charge is 2.13. The molecule has 8 aromatic carbocycles. The molecule has 0 spiro atoms. The maximum atomic E-state index is 13.2. The van der Waals surface area contributed by atoms with Gasteiger partial charge in [0.1, 0.15) is 24.7 Å². The summed E-state index contributed by atoms with van der Waals surface area (Å²) in [7, 11) is 0. The van der Waals surface area contributed by atoms with Crippen LogP contribution in [-0.2, 0) is 18.9 Å². The fourth-order valence-electron chi connectivity index (χ4n) is 7.13. The molecule has 0 fully saturated rings. The molecule has 0 radical (unpaired) electrons. The molecule has 10 nitrogen and oxygen atoms in total. The van der Waals surface area contributed by atoms with E-state index in [1.807, 2.05) is 109 Å². The average Bonchev–Trinajstić information content (AvgIpc) is 3.30. The van der Waals surface area contributed by atoms with Gasteiger partial charge in [0.25, 0.3) is 11.8 Å². The topological polar surface area (TPSA) is 114 Å². The molecular formula is C52H48N2O8. The highest BCUT2D eigenvalue weighted by Crippen LogP contribution is 2.29. The lowest BCUT2D eigenvalue weighted by atomic mass is 10.0. The van der Waals surface area contributed by atoms with Crippen molar-refractivity contribution in [2.75, 3.05) is 76.7 Å². The van der Waals surface area contributed by atoms with Gasteiger partial charge in [-0.05, 0) is 116 Å². The van der Waals surface area contributed by atoms with Crippen LogP contribution in [0, 0.1) is 0 Å². The number of anilines is 2. The summed E-state index contributed by atoms with van der Waals surface area (Å²) in [5.41, 5.74) is 2.32. The summed E-state index contributed by atoms with van der Waals surface area (Å²) < 4.78 is 34.5. The lowest BCUT2D eigenvalue weighted by molar-refractivity contribution is -0.00695. The fourth-order valence-corrected chi connectivity index (χ4v) is 7.13. The Morgan fingerprint density at radius 3 is 1.02 bits per heavy atom. The Morgan fingerprint density at radius 2 is 0.629 bits per heavy atom. The summed E-state index contributed by atoms with van der Waals surface area (Å²) >= 11 is 0. The fraction of sp³-hybridized carbons (Fsp3) is 0.192. The van der Waals surface area contributed by atoms with Crippen LogP contribution in [0.15, 0.2) is 158 Å². The predicted molar refractivity (Wildman–Crippen MR) is 246 cm³/mol. The first kappa shape index (κ1) is 41.9. The molecule has 0 aliphatic heterocycles. The van der Waals surface area contributed by atoms with Gasteiger partial charge in [-0.3, -0.25) is 9.59 Å². The van der Waals surface area contributed by atoms with Crippen molar-refractivity contribution >= 4 is 66.3 Å². The molecule has 2 N–H and O–H groups in total. The summed E-state index contributed by atoms with van der Waals surface area (Å²) in [6, 6.07) is 51.1. The van der Waals surface area contributed by atoms with E-state index < -0.39 is 0 Å². The molecule has 62 heavy (non-hydrogen) atoms. The number of nitrogens with one attached hydrogen (secondary N) is 2. The highest BCUT2D eigenvalue weighted by atomic mass is 16.6. The third-order valence-corrected chi connectivity index (χ3v) is 10.3. The predicted octanol–water partition coefficient (Wildman–Crippen LogP) is 10.3. The van der Waals surface area contributed by atoms with Crippen molar-refractivity contribution in [3.8, 4) is 11.5 Å². The van der Waals surface area contributed by atoms with E-state index in [9.17, 15) is 9.59 Å². The van der Waals surface area contributed by atoms with Crippen LogP contribution in [0.1, 0.15) is 20.7 Å². The quantitative estimate of drug-likeness (QED) is 0.0544. The maximum Gasteiger partial charge on any atom is 0.255 e. The molecule has 0 aliphatic rings. The van der Waals surface area contributed by atoms with Gasteiger partial charge in [0, 0.05) is 11.1 Å². The number of carbonyl (C=O) groups excluding carboxylic acids is 2. The Hall–Kier alpha value is -6.82. The molecule has 0 atom stereocenters. The van der Waals surface area contributed by atoms with E-state index in [4.69, 9.17) is 28.4 Å². The average molecular weight is 829 g/mol. The molecule has 314 valence electrons. The number of ether oxygens (including phenoxy) is 6. The Balaban J connectivity index is 0.656. The van der Waals surface area contributed by atoms with E-state index in [-0.39, 0.29) is 11.8 Å². The number of hydrogen-bond donors (Lipinski definition) is 2. The first-order valence-electron chi connectivity index (χ1n) is 20.8. The molecule has 2 amide bonds. The largest absolute Gasteiger partial charge is 0.489 e. The number of amides is 2. The smallest absolute Gasteiger partial charge is 0.255 e. The van der Waals surface area contributed by atoms with Gasteiger partial charge in [-0.2, -0.15) is 0 Å². The second-order valence-electron chi connectivity index (χ2n) is 14.6. The van der Waals surface area contributed by atoms with Gasteiger partial charge in [0.15, 0.2) is 0 Å². The molecule has 8 aromatic rings. The van der Waals surface area contributed by atoms with Crippen LogP contribution in [0.5, 0.6) is 11.5 Å². The van der Waals surface area contributed by atoms with Gasteiger partial charge < -0.3 is 39.1 Å². The number of benzene rings is 8. The van der Waals surface area contributed by atoms with E-state index in [1.54, 1.807) is 0 Å². The zero-order valence-electron chi connectivity index (χ0n) is 34.3. The first-order valence-corrected chi connectivity index (χ1v) is 20.8. The number of para-hydroxylation sites is 4. The van der Waals surface area contributed by atoms with Crippen LogP contribution in [0.25, 0.3) is 43.1 Å². The van der Waals surface area contributed by atoms with Gasteiger partial charge in [-0.15, -0.1) is 0 Å². The molecule has 10 heteroatoms. The van der Waals surface area contributed by atoms with Gasteiger partial charge in [-0.25, -0.2) is 0 Å². The van der Waals surface area contributed by atoms with Crippen molar-refractivity contribution in [1.29, 1.82) is 0 Å². The Labute approximate surface area is 360 Å². The SMILES string of the molecule is O=C(Nc1ccccc1OCCOCCOCCOCCOCCOc1ccccc1NC(=O)c1ccc2cc3ccccc3cc2c1)c1ccc2cc3ccccc3cc2c1. The van der Waals surface area contributed by atoms with Crippen molar-refractivity contribution in [3.63, 3.8) is 0 Å². The second kappa shape index (κ2) is 21.1. The van der Waals surface area contributed by atoms with Crippen LogP contribution in [0.2, 0.25) is 0 Å². The van der Waals surface area contributed by atoms with Crippen molar-refractivity contribution in [1.82, 2.24) is 0 Å². The normalized spacial score (nSPS) is 11.3. The third kappa shape index (κ3) is 11.1. The number of fused-ring (bicyclic) bond motifs is 4. The zero-order chi connectivity index (χ0) is 42.4. The van der Waals surface area contributed by atoms with Crippen molar-refractivity contribution < 1.29 is 38.0 Å². The Bertz CT molecular complexity index is 2600. The van der Waals surface area contributed by atoms with Crippen LogP contribution < -0.4 is 20.1 Å². The van der Waals surface area contributed by atoms with E-state index in [1.165, 1.54) is 10.8 Å². The molecule has 0 aliphatic carbocycles. The second-order valence-corrected chi connectivity index (χ2v) is 14.6. The lowest BCUT2D eigenvalue weighted by Gasteiger charge is -2.13. The van der Waals surface area contributed by atoms with Crippen LogP contribution >= 0.6 is 0 Å². The van der Waals surface area contributed by atoms with E-state index in [2.05, 4.69) is 59.2 Å². The molecule has 0 unspecified atom stereocenters. The maximum absolute atomic E-state index is 13.2. The van der Waals surface area contributed by atoms with Crippen molar-refractivity contribution in [3.05, 3.63) is 169 Å². The third-order valence-electron chi connectivity index (χ3n) is 10.3. The van der Waals surface area contributed by atoms with Crippen LogP contribution in [-0.4, -0.2) is 77.9 Å². The lowest BCUT2D eigenvalue weighted by Crippen LogP contribution is -2.16. The first-order chi connectivity index (χ1) is 30.6. The van der Waals surface area contributed by atoms with Gasteiger partial charge in [-0.1, -0.05) is 84.9 Å². The van der Waals surface area contributed by atoms with Crippen LogP contribution in [0.4, 0.5) is 11.4 Å². The Morgan fingerprint density at radius 1 is 0.323 bits per heavy atom. The number of carbonyl (C=O) groups is 2. The summed E-state index contributed by atoms with van der Waals surface area (Å²) in [6.07, 6.45) is 0. The van der Waals surface area contributed by atoms with E-state index >= 15 is 0 Å². The minimum Gasteiger partial charge on any atom is -0.489 e. The van der Waals surface area contributed by atoms with E-state index in [0.717, 1.165) is 32.3 Å². The summed E-state index contributed by atoms with van der Waals surface area (Å²) in [5, 5.41) is 14.8. The molecule has 0 saturated heterocycles. The zero-order valence-corrected chi connectivity index (χ0v) is 34.3. The van der Waals surface area contributed by atoms with Crippen LogP contribution in [0.3, 0.4) is 0 Å². The van der Waals surface area contributed by atoms with Crippen molar-refractivity contribution in [2.45, 2.75) is 0 Å². The minimum absolute atomic E-state index is 0.208. The molecule has 0 saturated carbocycles. The molecule has 0 heterocycles. The molecular weight excluding hydrogens is 781 g/mol. The van der Waals surface area contributed by atoms with Gasteiger partial charge in [0.2, 0.25) is 0 Å². The monoisotopic (exact) mass is 828 g/mol. The number of rotatable bonds is 21. The molecule has 0 bridgehead atoms. The van der Waals surface area contributed by atoms with Crippen molar-refractivity contribution in [2.24, 2.45) is 0 Å². The summed E-state index contributed by atoms with van der Waals surface area (Å²) in [5.74, 6) is 0.721. The summed E-state index contributed by atoms with van der Waals surface area (Å²) in [4.78, 5) is 26.4. The van der Waals surface area contributed by atoms with Gasteiger partial charge >= 0.3 is 0 Å².